The van der Waals surface area contributed by atoms with Crippen LogP contribution >= 0.6 is 0 Å². The van der Waals surface area contributed by atoms with Crippen molar-refractivity contribution < 1.29 is 0 Å². The molecule has 2 rings (SSSR count). The summed E-state index contributed by atoms with van der Waals surface area (Å²) in [5, 5.41) is 0. The fraction of sp³-hybridized carbons (Fsp3) is 0.667. The molecule has 0 saturated heterocycles. The van der Waals surface area contributed by atoms with Crippen molar-refractivity contribution in [2.45, 2.75) is 32.9 Å². The zero-order chi connectivity index (χ0) is 9.42. The van der Waals surface area contributed by atoms with E-state index in [0.717, 1.165) is 30.9 Å². The first-order chi connectivity index (χ1) is 6.16. The van der Waals surface area contributed by atoms with Crippen LogP contribution in [-0.2, 0) is 13.0 Å². The Morgan fingerprint density at radius 1 is 1.31 bits per heavy atom. The first-order valence-corrected chi connectivity index (χ1v) is 4.71. The maximum absolute atomic E-state index is 11.0. The van der Waals surface area contributed by atoms with E-state index in [-0.39, 0.29) is 5.69 Å². The van der Waals surface area contributed by atoms with Gasteiger partial charge >= 0.3 is 5.69 Å². The summed E-state index contributed by atoms with van der Waals surface area (Å²) < 4.78 is 0. The summed E-state index contributed by atoms with van der Waals surface area (Å²) in [5.74, 6) is 0. The third-order valence-corrected chi connectivity index (χ3v) is 2.63. The number of rotatable bonds is 1. The van der Waals surface area contributed by atoms with Crippen molar-refractivity contribution in [3.8, 4) is 0 Å². The second kappa shape index (κ2) is 3.03. The summed E-state index contributed by atoms with van der Waals surface area (Å²) in [5.41, 5.74) is 2.07. The lowest BCUT2D eigenvalue weighted by atomic mass is 10.1. The van der Waals surface area contributed by atoms with Gasteiger partial charge in [0.2, 0.25) is 0 Å². The molecule has 2 heterocycles. The van der Waals surface area contributed by atoms with Crippen molar-refractivity contribution in [2.24, 2.45) is 0 Å². The van der Waals surface area contributed by atoms with Crippen LogP contribution in [0.3, 0.4) is 0 Å². The SMILES string of the molecule is CC(C)N1CCc2[nH]c(=O)[nH]c2C1. The standard InChI is InChI=1S/C9H15N3O/c1-6(2)12-4-3-7-8(5-12)11-9(13)10-7/h6H,3-5H2,1-2H3,(H2,10,11,13). The highest BCUT2D eigenvalue weighted by Gasteiger charge is 2.19. The number of H-pyrrole nitrogens is 2. The molecule has 0 radical (unpaired) electrons. The van der Waals surface area contributed by atoms with Crippen LogP contribution in [0.5, 0.6) is 0 Å². The highest BCUT2D eigenvalue weighted by Crippen LogP contribution is 2.15. The first-order valence-electron chi connectivity index (χ1n) is 4.71. The van der Waals surface area contributed by atoms with Gasteiger partial charge < -0.3 is 9.97 Å². The molecule has 1 aliphatic heterocycles. The molecule has 0 bridgehead atoms. The number of aromatic nitrogens is 2. The largest absolute Gasteiger partial charge is 0.323 e. The summed E-state index contributed by atoms with van der Waals surface area (Å²) in [7, 11) is 0. The maximum atomic E-state index is 11.0. The van der Waals surface area contributed by atoms with E-state index in [2.05, 4.69) is 28.7 Å². The molecule has 0 aliphatic carbocycles. The minimum atomic E-state index is -0.0735. The lowest BCUT2D eigenvalue weighted by Crippen LogP contribution is -2.35. The van der Waals surface area contributed by atoms with Gasteiger partial charge in [-0.15, -0.1) is 0 Å². The molecule has 4 nitrogen and oxygen atoms in total. The van der Waals surface area contributed by atoms with Crippen molar-refractivity contribution in [2.75, 3.05) is 6.54 Å². The zero-order valence-electron chi connectivity index (χ0n) is 8.05. The van der Waals surface area contributed by atoms with Crippen LogP contribution < -0.4 is 5.69 Å². The molecule has 0 atom stereocenters. The Hall–Kier alpha value is -1.03. The molecule has 0 fully saturated rings. The van der Waals surface area contributed by atoms with Crippen LogP contribution in [0, 0.1) is 0 Å². The molecule has 0 spiro atoms. The minimum Gasteiger partial charge on any atom is -0.310 e. The molecule has 0 aromatic carbocycles. The molecule has 1 aromatic heterocycles. The number of imidazole rings is 1. The van der Waals surface area contributed by atoms with Gasteiger partial charge in [0.05, 0.1) is 5.69 Å². The lowest BCUT2D eigenvalue weighted by molar-refractivity contribution is 0.200. The van der Waals surface area contributed by atoms with Crippen LogP contribution in [-0.4, -0.2) is 27.5 Å². The van der Waals surface area contributed by atoms with Gasteiger partial charge in [-0.3, -0.25) is 4.90 Å². The Morgan fingerprint density at radius 2 is 2.00 bits per heavy atom. The second-order valence-corrected chi connectivity index (χ2v) is 3.85. The number of hydrogen-bond donors (Lipinski definition) is 2. The van der Waals surface area contributed by atoms with Crippen LogP contribution in [0.25, 0.3) is 0 Å². The summed E-state index contributed by atoms with van der Waals surface area (Å²) in [6.07, 6.45) is 0.951. The third-order valence-electron chi connectivity index (χ3n) is 2.63. The van der Waals surface area contributed by atoms with Crippen molar-refractivity contribution in [3.63, 3.8) is 0 Å². The smallest absolute Gasteiger partial charge is 0.310 e. The Labute approximate surface area is 77.0 Å². The Kier molecular flexibility index (Phi) is 2.00. The van der Waals surface area contributed by atoms with Gasteiger partial charge in [0.1, 0.15) is 0 Å². The summed E-state index contributed by atoms with van der Waals surface area (Å²) in [6.45, 7) is 6.26. The minimum absolute atomic E-state index is 0.0735. The fourth-order valence-corrected chi connectivity index (χ4v) is 1.78. The topological polar surface area (TPSA) is 51.9 Å². The number of fused-ring (bicyclic) bond motifs is 1. The second-order valence-electron chi connectivity index (χ2n) is 3.85. The average Bonchev–Trinajstić information content (AvgIpc) is 2.42. The molecule has 1 aromatic rings. The predicted molar refractivity (Wildman–Crippen MR) is 50.7 cm³/mol. The third kappa shape index (κ3) is 1.54. The lowest BCUT2D eigenvalue weighted by Gasteiger charge is -2.29. The van der Waals surface area contributed by atoms with Crippen LogP contribution in [0.2, 0.25) is 0 Å². The normalized spacial score (nSPS) is 17.8. The van der Waals surface area contributed by atoms with E-state index in [1.807, 2.05) is 0 Å². The molecule has 0 saturated carbocycles. The van der Waals surface area contributed by atoms with Crippen molar-refractivity contribution in [3.05, 3.63) is 21.9 Å². The van der Waals surface area contributed by atoms with Crippen molar-refractivity contribution in [1.29, 1.82) is 0 Å². The summed E-state index contributed by atoms with van der Waals surface area (Å²) in [6, 6.07) is 0.548. The number of aromatic amines is 2. The van der Waals surface area contributed by atoms with Gasteiger partial charge in [0.25, 0.3) is 0 Å². The Balaban J connectivity index is 2.24. The molecule has 72 valence electrons. The molecule has 2 N–H and O–H groups in total. The van der Waals surface area contributed by atoms with E-state index in [4.69, 9.17) is 0 Å². The van der Waals surface area contributed by atoms with E-state index in [1.54, 1.807) is 0 Å². The van der Waals surface area contributed by atoms with Crippen molar-refractivity contribution >= 4 is 0 Å². The van der Waals surface area contributed by atoms with Crippen molar-refractivity contribution in [1.82, 2.24) is 14.9 Å². The maximum Gasteiger partial charge on any atom is 0.323 e. The molecular weight excluding hydrogens is 166 g/mol. The molecule has 13 heavy (non-hydrogen) atoms. The first kappa shape index (κ1) is 8.56. The van der Waals surface area contributed by atoms with Gasteiger partial charge in [-0.05, 0) is 13.8 Å². The molecule has 4 heteroatoms. The average molecular weight is 181 g/mol. The van der Waals surface area contributed by atoms with Gasteiger partial charge in [-0.1, -0.05) is 0 Å². The molecule has 0 amide bonds. The van der Waals surface area contributed by atoms with Gasteiger partial charge in [-0.25, -0.2) is 4.79 Å². The molecule has 1 aliphatic rings. The quantitative estimate of drug-likeness (QED) is 0.661. The number of nitrogens with zero attached hydrogens (tertiary/aromatic N) is 1. The number of hydrogen-bond acceptors (Lipinski definition) is 2. The van der Waals surface area contributed by atoms with E-state index in [9.17, 15) is 4.79 Å². The van der Waals surface area contributed by atoms with Gasteiger partial charge in [-0.2, -0.15) is 0 Å². The van der Waals surface area contributed by atoms with E-state index >= 15 is 0 Å². The highest BCUT2D eigenvalue weighted by molar-refractivity contribution is 5.14. The summed E-state index contributed by atoms with van der Waals surface area (Å²) >= 11 is 0. The van der Waals surface area contributed by atoms with E-state index < -0.39 is 0 Å². The zero-order valence-corrected chi connectivity index (χ0v) is 8.05. The fourth-order valence-electron chi connectivity index (χ4n) is 1.78. The molecule has 0 unspecified atom stereocenters. The molecular formula is C9H15N3O. The van der Waals surface area contributed by atoms with Crippen LogP contribution in [0.1, 0.15) is 25.2 Å². The highest BCUT2D eigenvalue weighted by atomic mass is 16.1. The van der Waals surface area contributed by atoms with E-state index in [0.29, 0.717) is 6.04 Å². The van der Waals surface area contributed by atoms with Gasteiger partial charge in [0.15, 0.2) is 0 Å². The Morgan fingerprint density at radius 3 is 2.69 bits per heavy atom. The monoisotopic (exact) mass is 181 g/mol. The Bertz CT molecular complexity index is 350. The van der Waals surface area contributed by atoms with Crippen LogP contribution in [0.4, 0.5) is 0 Å². The number of nitrogens with one attached hydrogen (secondary N) is 2. The van der Waals surface area contributed by atoms with Gasteiger partial charge in [0, 0.05) is 31.2 Å². The van der Waals surface area contributed by atoms with Crippen LogP contribution in [0.15, 0.2) is 4.79 Å². The summed E-state index contributed by atoms with van der Waals surface area (Å²) in [4.78, 5) is 19.0. The van der Waals surface area contributed by atoms with E-state index in [1.165, 1.54) is 0 Å². The predicted octanol–water partition coefficient (Wildman–Crippen LogP) is 0.469.